The Balaban J connectivity index is 1.59. The third-order valence-electron chi connectivity index (χ3n) is 7.01. The second-order valence-electron chi connectivity index (χ2n) is 9.55. The number of hydrogen-bond acceptors (Lipinski definition) is 5. The molecule has 3 heterocycles. The van der Waals surface area contributed by atoms with Gasteiger partial charge >= 0.3 is 0 Å². The van der Waals surface area contributed by atoms with E-state index in [9.17, 15) is 9.59 Å². The van der Waals surface area contributed by atoms with Gasteiger partial charge in [-0.05, 0) is 62.3 Å². The van der Waals surface area contributed by atoms with Crippen molar-refractivity contribution in [3.63, 3.8) is 0 Å². The maximum absolute atomic E-state index is 14.1. The zero-order chi connectivity index (χ0) is 24.7. The van der Waals surface area contributed by atoms with Gasteiger partial charge in [0.25, 0.3) is 11.8 Å². The fraction of sp³-hybridized carbons (Fsp3) is 0.536. The molecule has 1 saturated heterocycles. The predicted molar refractivity (Wildman–Crippen MR) is 135 cm³/mol. The van der Waals surface area contributed by atoms with Crippen molar-refractivity contribution in [1.82, 2.24) is 14.8 Å². The Hall–Kier alpha value is -2.93. The van der Waals surface area contributed by atoms with Crippen LogP contribution in [-0.2, 0) is 16.0 Å². The third kappa shape index (κ3) is 5.84. The summed E-state index contributed by atoms with van der Waals surface area (Å²) < 4.78 is 12.4. The fourth-order valence-electron chi connectivity index (χ4n) is 5.00. The summed E-state index contributed by atoms with van der Waals surface area (Å²) in [7, 11) is 0. The monoisotopic (exact) mass is 479 g/mol. The van der Waals surface area contributed by atoms with Crippen molar-refractivity contribution >= 4 is 11.8 Å². The van der Waals surface area contributed by atoms with Crippen LogP contribution in [0.5, 0.6) is 5.75 Å². The molecule has 0 bridgehead atoms. The number of aryl methyl sites for hydroxylation is 2. The highest BCUT2D eigenvalue weighted by Gasteiger charge is 2.47. The lowest BCUT2D eigenvalue weighted by Crippen LogP contribution is -2.62. The molecule has 1 aromatic carbocycles. The smallest absolute Gasteiger partial charge is 0.272 e. The second-order valence-corrected chi connectivity index (χ2v) is 9.55. The maximum atomic E-state index is 14.1. The zero-order valence-corrected chi connectivity index (χ0v) is 21.0. The van der Waals surface area contributed by atoms with Gasteiger partial charge in [-0.3, -0.25) is 14.6 Å². The van der Waals surface area contributed by atoms with Crippen molar-refractivity contribution < 1.29 is 19.1 Å². The van der Waals surface area contributed by atoms with Gasteiger partial charge < -0.3 is 19.3 Å². The molecule has 188 valence electrons. The van der Waals surface area contributed by atoms with Gasteiger partial charge in [0.2, 0.25) is 0 Å². The number of carbonyl (C=O) groups excluding carboxylic acids is 2. The standard InChI is InChI=1S/C28H37N3O4/c1-3-4-16-30-17-19-34-24-13-6-5-11-23(24)12-7-8-14-28(27(30)33)21-31(18-20-35-28)26(32)25-22(2)10-9-15-29-25/h5-6,9-11,13,15H,3-4,7-8,12,14,16-21H2,1-2H3. The number of aromatic nitrogens is 1. The lowest BCUT2D eigenvalue weighted by molar-refractivity contribution is -0.170. The summed E-state index contributed by atoms with van der Waals surface area (Å²) in [6.45, 7) is 6.63. The fourth-order valence-corrected chi connectivity index (χ4v) is 5.00. The number of carbonyl (C=O) groups is 2. The van der Waals surface area contributed by atoms with Crippen LogP contribution in [0.15, 0.2) is 42.6 Å². The maximum Gasteiger partial charge on any atom is 0.272 e. The van der Waals surface area contributed by atoms with Crippen molar-refractivity contribution in [3.05, 3.63) is 59.4 Å². The summed E-state index contributed by atoms with van der Waals surface area (Å²) in [6.07, 6.45) is 6.76. The molecule has 0 radical (unpaired) electrons. The Morgan fingerprint density at radius 1 is 1.11 bits per heavy atom. The van der Waals surface area contributed by atoms with Crippen molar-refractivity contribution in [2.45, 2.75) is 58.0 Å². The Bertz CT molecular complexity index is 1030. The lowest BCUT2D eigenvalue weighted by atomic mass is 9.90. The normalized spacial score (nSPS) is 21.6. The van der Waals surface area contributed by atoms with Crippen LogP contribution in [0.1, 0.15) is 60.6 Å². The Morgan fingerprint density at radius 3 is 2.80 bits per heavy atom. The number of amides is 2. The molecule has 35 heavy (non-hydrogen) atoms. The van der Waals surface area contributed by atoms with Gasteiger partial charge in [0.05, 0.1) is 19.7 Å². The molecule has 1 atom stereocenters. The van der Waals surface area contributed by atoms with E-state index in [1.54, 1.807) is 11.1 Å². The van der Waals surface area contributed by atoms with E-state index in [2.05, 4.69) is 18.0 Å². The number of ether oxygens (including phenoxy) is 2. The molecule has 1 unspecified atom stereocenters. The number of rotatable bonds is 4. The van der Waals surface area contributed by atoms with Crippen molar-refractivity contribution in [2.24, 2.45) is 0 Å². The molecular weight excluding hydrogens is 442 g/mol. The molecule has 2 amide bonds. The van der Waals surface area contributed by atoms with E-state index in [1.165, 1.54) is 5.56 Å². The van der Waals surface area contributed by atoms with Crippen molar-refractivity contribution in [2.75, 3.05) is 39.4 Å². The molecule has 7 nitrogen and oxygen atoms in total. The van der Waals surface area contributed by atoms with E-state index in [-0.39, 0.29) is 18.4 Å². The predicted octanol–water partition coefficient (Wildman–Crippen LogP) is 4.04. The van der Waals surface area contributed by atoms with Gasteiger partial charge in [-0.25, -0.2) is 0 Å². The van der Waals surface area contributed by atoms with Gasteiger partial charge in [-0.1, -0.05) is 37.6 Å². The molecular formula is C28H37N3O4. The van der Waals surface area contributed by atoms with Gasteiger partial charge in [0, 0.05) is 19.3 Å². The largest absolute Gasteiger partial charge is 0.491 e. The Morgan fingerprint density at radius 2 is 1.97 bits per heavy atom. The summed E-state index contributed by atoms with van der Waals surface area (Å²) in [5.74, 6) is 0.739. The highest BCUT2D eigenvalue weighted by Crippen LogP contribution is 2.30. The van der Waals surface area contributed by atoms with Crippen LogP contribution < -0.4 is 4.74 Å². The number of morpholine rings is 1. The topological polar surface area (TPSA) is 72.0 Å². The summed E-state index contributed by atoms with van der Waals surface area (Å²) in [6, 6.07) is 11.9. The molecule has 2 aliphatic heterocycles. The van der Waals surface area contributed by atoms with Gasteiger partial charge in [-0.2, -0.15) is 0 Å². The average Bonchev–Trinajstić information content (AvgIpc) is 2.88. The lowest BCUT2D eigenvalue weighted by Gasteiger charge is -2.44. The van der Waals surface area contributed by atoms with E-state index < -0.39 is 5.60 Å². The SMILES string of the molecule is CCCCN1CCOc2ccccc2CCCCC2(CN(C(=O)c3ncccc3C)CCO2)C1=O. The van der Waals surface area contributed by atoms with Crippen LogP contribution in [0.4, 0.5) is 0 Å². The minimum Gasteiger partial charge on any atom is -0.491 e. The summed E-state index contributed by atoms with van der Waals surface area (Å²) in [5, 5.41) is 0. The molecule has 2 aromatic rings. The number of hydrogen-bond donors (Lipinski definition) is 0. The number of para-hydroxylation sites is 1. The third-order valence-corrected chi connectivity index (χ3v) is 7.01. The van der Waals surface area contributed by atoms with Crippen LogP contribution in [0, 0.1) is 6.92 Å². The number of benzene rings is 1. The Kier molecular flexibility index (Phi) is 8.39. The number of fused-ring (bicyclic) bond motifs is 1. The number of unbranched alkanes of at least 4 members (excludes halogenated alkanes) is 1. The Labute approximate surface area is 208 Å². The van der Waals surface area contributed by atoms with Crippen LogP contribution in [0.3, 0.4) is 0 Å². The first-order valence-corrected chi connectivity index (χ1v) is 12.9. The van der Waals surface area contributed by atoms with Crippen LogP contribution in [0.25, 0.3) is 0 Å². The van der Waals surface area contributed by atoms with E-state index >= 15 is 0 Å². The molecule has 0 aliphatic carbocycles. The quantitative estimate of drug-likeness (QED) is 0.662. The van der Waals surface area contributed by atoms with Crippen LogP contribution in [-0.4, -0.2) is 71.6 Å². The van der Waals surface area contributed by atoms with Gasteiger partial charge in [0.15, 0.2) is 5.60 Å². The summed E-state index contributed by atoms with van der Waals surface area (Å²) >= 11 is 0. The molecule has 0 N–H and O–H groups in total. The van der Waals surface area contributed by atoms with Gasteiger partial charge in [-0.15, -0.1) is 0 Å². The first-order valence-electron chi connectivity index (χ1n) is 12.9. The first-order chi connectivity index (χ1) is 17.0. The van der Waals surface area contributed by atoms with Crippen molar-refractivity contribution in [1.29, 1.82) is 0 Å². The minimum absolute atomic E-state index is 0.0290. The van der Waals surface area contributed by atoms with E-state index in [0.717, 1.165) is 43.4 Å². The number of nitrogens with zero attached hydrogens (tertiary/aromatic N) is 3. The molecule has 2 aliphatic rings. The zero-order valence-electron chi connectivity index (χ0n) is 21.0. The molecule has 1 fully saturated rings. The first kappa shape index (κ1) is 25.2. The van der Waals surface area contributed by atoms with Crippen molar-refractivity contribution in [3.8, 4) is 5.75 Å². The molecule has 7 heteroatoms. The van der Waals surface area contributed by atoms with E-state index in [1.807, 2.05) is 42.2 Å². The highest BCUT2D eigenvalue weighted by atomic mass is 16.5. The van der Waals surface area contributed by atoms with Gasteiger partial charge in [0.1, 0.15) is 18.1 Å². The van der Waals surface area contributed by atoms with E-state index in [0.29, 0.717) is 45.0 Å². The highest BCUT2D eigenvalue weighted by molar-refractivity contribution is 5.95. The molecule has 1 spiro atoms. The van der Waals surface area contributed by atoms with Crippen LogP contribution >= 0.6 is 0 Å². The summed E-state index contributed by atoms with van der Waals surface area (Å²) in [5.41, 5.74) is 1.44. The van der Waals surface area contributed by atoms with Crippen LogP contribution in [0.2, 0.25) is 0 Å². The van der Waals surface area contributed by atoms with E-state index in [4.69, 9.17) is 9.47 Å². The summed E-state index contributed by atoms with van der Waals surface area (Å²) in [4.78, 5) is 35.4. The second kappa shape index (κ2) is 11.7. The molecule has 0 saturated carbocycles. The average molecular weight is 480 g/mol. The molecule has 1 aromatic heterocycles. The minimum atomic E-state index is -1.04. The molecule has 4 rings (SSSR count). The number of pyridine rings is 1.